The van der Waals surface area contributed by atoms with E-state index >= 15 is 0 Å². The van der Waals surface area contributed by atoms with E-state index in [0.717, 1.165) is 32.3 Å². The maximum absolute atomic E-state index is 12.9. The van der Waals surface area contributed by atoms with Crippen molar-refractivity contribution in [3.63, 3.8) is 0 Å². The fraction of sp³-hybridized carbons (Fsp3) is 0.130. The highest BCUT2D eigenvalue weighted by molar-refractivity contribution is 9.11. The smallest absolute Gasteiger partial charge is 0.259 e. The van der Waals surface area contributed by atoms with Gasteiger partial charge in [-0.2, -0.15) is 0 Å². The molecule has 4 rings (SSSR count). The lowest BCUT2D eigenvalue weighted by molar-refractivity contribution is 0.102. The molecule has 4 aromatic rings. The van der Waals surface area contributed by atoms with Gasteiger partial charge in [-0.15, -0.1) is 0 Å². The highest BCUT2D eigenvalue weighted by Gasteiger charge is 2.17. The number of rotatable bonds is 4. The average molecular weight is 530 g/mol. The van der Waals surface area contributed by atoms with Crippen LogP contribution in [0.15, 0.2) is 61.9 Å². The summed E-state index contributed by atoms with van der Waals surface area (Å²) >= 11 is 6.84. The van der Waals surface area contributed by atoms with Gasteiger partial charge >= 0.3 is 0 Å². The summed E-state index contributed by atoms with van der Waals surface area (Å²) in [5, 5.41) is 2.92. The summed E-state index contributed by atoms with van der Waals surface area (Å²) < 4.78 is 12.8. The first-order valence-electron chi connectivity index (χ1n) is 9.18. The number of fused-ring (bicyclic) bond motifs is 1. The second-order valence-corrected chi connectivity index (χ2v) is 8.72. The quantitative estimate of drug-likeness (QED) is 0.312. The normalized spacial score (nSPS) is 11.0. The van der Waals surface area contributed by atoms with Crippen molar-refractivity contribution < 1.29 is 13.9 Å². The molecule has 0 saturated heterocycles. The van der Waals surface area contributed by atoms with Crippen molar-refractivity contribution in [3.05, 3.63) is 74.2 Å². The second-order valence-electron chi connectivity index (χ2n) is 6.95. The van der Waals surface area contributed by atoms with Gasteiger partial charge in [0, 0.05) is 15.7 Å². The second kappa shape index (κ2) is 8.24. The van der Waals surface area contributed by atoms with Crippen molar-refractivity contribution in [2.24, 2.45) is 0 Å². The number of aryl methyl sites for hydroxylation is 2. The maximum Gasteiger partial charge on any atom is 0.259 e. The molecule has 0 atom stereocenters. The molecular formula is C23H18Br2N2O3. The van der Waals surface area contributed by atoms with E-state index in [-0.39, 0.29) is 5.91 Å². The number of hydrogen-bond donors (Lipinski definition) is 1. The number of oxazole rings is 1. The number of aromatic nitrogens is 1. The minimum absolute atomic E-state index is 0.282. The molecule has 1 amide bonds. The molecule has 0 aliphatic rings. The monoisotopic (exact) mass is 528 g/mol. The first-order valence-corrected chi connectivity index (χ1v) is 10.8. The molecule has 0 fully saturated rings. The third-order valence-electron chi connectivity index (χ3n) is 4.64. The van der Waals surface area contributed by atoms with Crippen LogP contribution in [0.1, 0.15) is 21.5 Å². The minimum atomic E-state index is -0.282. The highest BCUT2D eigenvalue weighted by Crippen LogP contribution is 2.34. The summed E-state index contributed by atoms with van der Waals surface area (Å²) in [5.41, 5.74) is 5.59. The Bertz CT molecular complexity index is 1280. The molecule has 0 aliphatic heterocycles. The van der Waals surface area contributed by atoms with Gasteiger partial charge in [0.1, 0.15) is 11.3 Å². The predicted molar refractivity (Wildman–Crippen MR) is 125 cm³/mol. The minimum Gasteiger partial charge on any atom is -0.495 e. The molecule has 152 valence electrons. The summed E-state index contributed by atoms with van der Waals surface area (Å²) in [7, 11) is 1.53. The van der Waals surface area contributed by atoms with Crippen molar-refractivity contribution in [1.82, 2.24) is 4.98 Å². The Hall–Kier alpha value is -2.64. The Kier molecular flexibility index (Phi) is 5.66. The SMILES string of the molecule is COc1c(Br)cc(Br)cc1C(=O)Nc1cccc(-c2nc3cc(C)cc(C)c3o2)c1. The van der Waals surface area contributed by atoms with Crippen molar-refractivity contribution >= 4 is 54.6 Å². The Balaban J connectivity index is 1.67. The van der Waals surface area contributed by atoms with Crippen molar-refractivity contribution in [3.8, 4) is 17.2 Å². The Morgan fingerprint density at radius 3 is 2.67 bits per heavy atom. The lowest BCUT2D eigenvalue weighted by Crippen LogP contribution is -2.13. The Morgan fingerprint density at radius 2 is 1.90 bits per heavy atom. The number of amides is 1. The van der Waals surface area contributed by atoms with Crippen LogP contribution < -0.4 is 10.1 Å². The van der Waals surface area contributed by atoms with E-state index < -0.39 is 0 Å². The van der Waals surface area contributed by atoms with Crippen LogP contribution in [0.3, 0.4) is 0 Å². The lowest BCUT2D eigenvalue weighted by atomic mass is 10.1. The van der Waals surface area contributed by atoms with Crippen LogP contribution in [0.4, 0.5) is 5.69 Å². The van der Waals surface area contributed by atoms with Gasteiger partial charge < -0.3 is 14.5 Å². The van der Waals surface area contributed by atoms with E-state index in [0.29, 0.717) is 27.4 Å². The van der Waals surface area contributed by atoms with E-state index in [4.69, 9.17) is 9.15 Å². The van der Waals surface area contributed by atoms with Gasteiger partial charge in [-0.25, -0.2) is 4.98 Å². The fourth-order valence-electron chi connectivity index (χ4n) is 3.37. The number of benzene rings is 3. The van der Waals surface area contributed by atoms with Crippen LogP contribution in [0.2, 0.25) is 0 Å². The number of methoxy groups -OCH3 is 1. The van der Waals surface area contributed by atoms with Crippen molar-refractivity contribution in [2.45, 2.75) is 13.8 Å². The maximum atomic E-state index is 12.9. The summed E-state index contributed by atoms with van der Waals surface area (Å²) in [4.78, 5) is 17.5. The van der Waals surface area contributed by atoms with E-state index in [1.165, 1.54) is 7.11 Å². The van der Waals surface area contributed by atoms with Crippen molar-refractivity contribution in [2.75, 3.05) is 12.4 Å². The molecule has 7 heteroatoms. The number of nitrogens with zero attached hydrogens (tertiary/aromatic N) is 1. The van der Waals surface area contributed by atoms with Crippen LogP contribution in [0, 0.1) is 13.8 Å². The van der Waals surface area contributed by atoms with E-state index in [2.05, 4.69) is 48.2 Å². The molecular weight excluding hydrogens is 512 g/mol. The number of nitrogens with one attached hydrogen (secondary N) is 1. The van der Waals surface area contributed by atoms with Crippen LogP contribution in [0.25, 0.3) is 22.6 Å². The van der Waals surface area contributed by atoms with Gasteiger partial charge in [-0.3, -0.25) is 4.79 Å². The summed E-state index contributed by atoms with van der Waals surface area (Å²) in [6.45, 7) is 4.04. The number of carbonyl (C=O) groups excluding carboxylic acids is 1. The summed E-state index contributed by atoms with van der Waals surface area (Å²) in [6, 6.07) is 15.0. The first kappa shape index (κ1) is 20.6. The van der Waals surface area contributed by atoms with Crippen molar-refractivity contribution in [1.29, 1.82) is 0 Å². The van der Waals surface area contributed by atoms with E-state index in [9.17, 15) is 4.79 Å². The predicted octanol–water partition coefficient (Wildman–Crippen LogP) is 6.90. The van der Waals surface area contributed by atoms with Gasteiger partial charge in [0.2, 0.25) is 5.89 Å². The molecule has 1 heterocycles. The molecule has 0 unspecified atom stereocenters. The van der Waals surface area contributed by atoms with Gasteiger partial charge in [-0.05, 0) is 77.3 Å². The molecule has 30 heavy (non-hydrogen) atoms. The van der Waals surface area contributed by atoms with E-state index in [1.54, 1.807) is 6.07 Å². The van der Waals surface area contributed by atoms with E-state index in [1.807, 2.05) is 50.2 Å². The highest BCUT2D eigenvalue weighted by atomic mass is 79.9. The molecule has 0 saturated carbocycles. The molecule has 5 nitrogen and oxygen atoms in total. The van der Waals surface area contributed by atoms with Crippen LogP contribution in [-0.2, 0) is 0 Å². The Labute approximate surface area is 190 Å². The molecule has 1 N–H and O–H groups in total. The molecule has 1 aromatic heterocycles. The van der Waals surface area contributed by atoms with Gasteiger partial charge in [-0.1, -0.05) is 28.1 Å². The molecule has 0 spiro atoms. The standard InChI is InChI=1S/C23H18Br2N2O3/c1-12-7-13(2)20-19(8-12)27-23(30-20)14-5-4-6-16(9-14)26-22(28)17-10-15(24)11-18(25)21(17)29-3/h4-11H,1-3H3,(H,26,28). The largest absolute Gasteiger partial charge is 0.495 e. The zero-order chi connectivity index (χ0) is 21.4. The topological polar surface area (TPSA) is 64.4 Å². The third kappa shape index (κ3) is 4.00. The molecule has 0 aliphatic carbocycles. The number of hydrogen-bond acceptors (Lipinski definition) is 4. The third-order valence-corrected chi connectivity index (χ3v) is 5.69. The summed E-state index contributed by atoms with van der Waals surface area (Å²) in [6.07, 6.45) is 0. The molecule has 0 bridgehead atoms. The molecule has 3 aromatic carbocycles. The Morgan fingerprint density at radius 1 is 1.10 bits per heavy atom. The van der Waals surface area contributed by atoms with Crippen LogP contribution in [0.5, 0.6) is 5.75 Å². The average Bonchev–Trinajstić information content (AvgIpc) is 3.12. The first-order chi connectivity index (χ1) is 14.4. The number of ether oxygens (including phenoxy) is 1. The van der Waals surface area contributed by atoms with Crippen LogP contribution >= 0.6 is 31.9 Å². The number of anilines is 1. The zero-order valence-corrected chi connectivity index (χ0v) is 19.7. The molecule has 0 radical (unpaired) electrons. The van der Waals surface area contributed by atoms with Crippen LogP contribution in [-0.4, -0.2) is 18.0 Å². The number of halogens is 2. The lowest BCUT2D eigenvalue weighted by Gasteiger charge is -2.12. The van der Waals surface area contributed by atoms with Gasteiger partial charge in [0.25, 0.3) is 5.91 Å². The van der Waals surface area contributed by atoms with Gasteiger partial charge in [0.05, 0.1) is 17.1 Å². The summed E-state index contributed by atoms with van der Waals surface area (Å²) in [5.74, 6) is 0.698. The fourth-order valence-corrected chi connectivity index (χ4v) is 4.75. The zero-order valence-electron chi connectivity index (χ0n) is 16.5. The van der Waals surface area contributed by atoms with Gasteiger partial charge in [0.15, 0.2) is 5.58 Å². The number of carbonyl (C=O) groups is 1.